The Balaban J connectivity index is 2.18. The van der Waals surface area contributed by atoms with Crippen LogP contribution in [0, 0.1) is 10.1 Å². The molecule has 0 bridgehead atoms. The van der Waals surface area contributed by atoms with Gasteiger partial charge < -0.3 is 10.4 Å². The van der Waals surface area contributed by atoms with Crippen LogP contribution in [0.3, 0.4) is 0 Å². The number of rotatable bonds is 4. The summed E-state index contributed by atoms with van der Waals surface area (Å²) in [6, 6.07) is 8.74. The normalized spacial score (nSPS) is 10.1. The first-order chi connectivity index (χ1) is 9.97. The van der Waals surface area contributed by atoms with Crippen LogP contribution >= 0.6 is 11.6 Å². The molecule has 108 valence electrons. The van der Waals surface area contributed by atoms with Gasteiger partial charge in [-0.3, -0.25) is 14.9 Å². The van der Waals surface area contributed by atoms with Gasteiger partial charge in [0.1, 0.15) is 10.9 Å². The molecule has 8 heteroatoms. The number of aromatic hydroxyl groups is 1. The molecule has 0 aliphatic rings. The summed E-state index contributed by atoms with van der Waals surface area (Å²) in [5, 5.41) is 22.8. The fourth-order valence-electron chi connectivity index (χ4n) is 1.68. The number of aromatic nitrogens is 1. The van der Waals surface area contributed by atoms with Crippen LogP contribution in [0.25, 0.3) is 0 Å². The first kappa shape index (κ1) is 14.7. The van der Waals surface area contributed by atoms with E-state index in [9.17, 15) is 20.0 Å². The zero-order chi connectivity index (χ0) is 15.4. The van der Waals surface area contributed by atoms with E-state index >= 15 is 0 Å². The smallest absolute Gasteiger partial charge is 0.311 e. The van der Waals surface area contributed by atoms with E-state index in [0.29, 0.717) is 5.56 Å². The number of pyridine rings is 1. The number of carbonyl (C=O) groups excluding carboxylic acids is 1. The van der Waals surface area contributed by atoms with Gasteiger partial charge in [-0.05, 0) is 12.1 Å². The lowest BCUT2D eigenvalue weighted by Crippen LogP contribution is -2.16. The second-order valence-electron chi connectivity index (χ2n) is 4.11. The number of nitrogens with one attached hydrogen (secondary N) is 1. The summed E-state index contributed by atoms with van der Waals surface area (Å²) in [5.41, 5.74) is 0.0460. The van der Waals surface area contributed by atoms with Crippen LogP contribution in [-0.4, -0.2) is 20.9 Å². The van der Waals surface area contributed by atoms with Gasteiger partial charge >= 0.3 is 5.69 Å². The number of phenolic OH excluding ortho intramolecular Hbond substituents is 1. The van der Waals surface area contributed by atoms with Crippen molar-refractivity contribution in [1.82, 2.24) is 4.98 Å². The van der Waals surface area contributed by atoms with Gasteiger partial charge in [-0.2, -0.15) is 0 Å². The lowest BCUT2D eigenvalue weighted by atomic mass is 10.1. The summed E-state index contributed by atoms with van der Waals surface area (Å²) in [4.78, 5) is 25.8. The highest BCUT2D eigenvalue weighted by atomic mass is 35.5. The van der Waals surface area contributed by atoms with Crippen molar-refractivity contribution < 1.29 is 14.8 Å². The van der Waals surface area contributed by atoms with E-state index in [-0.39, 0.29) is 28.8 Å². The van der Waals surface area contributed by atoms with Crippen LogP contribution in [-0.2, 0) is 11.2 Å². The molecular formula is C13H10ClN3O4. The summed E-state index contributed by atoms with van der Waals surface area (Å²) in [5.74, 6) is -0.802. The Hall–Kier alpha value is -2.67. The molecule has 0 atom stereocenters. The summed E-state index contributed by atoms with van der Waals surface area (Å²) in [6.07, 6.45) is -0.141. The molecular weight excluding hydrogens is 298 g/mol. The monoisotopic (exact) mass is 307 g/mol. The second kappa shape index (κ2) is 6.19. The van der Waals surface area contributed by atoms with Crippen LogP contribution in [0.2, 0.25) is 5.15 Å². The molecule has 21 heavy (non-hydrogen) atoms. The number of nitrogens with zero attached hydrogens (tertiary/aromatic N) is 2. The molecule has 0 aliphatic heterocycles. The number of halogens is 1. The number of para-hydroxylation sites is 1. The molecule has 7 nitrogen and oxygen atoms in total. The standard InChI is InChI=1S/C13H10ClN3O4/c14-11-6-5-9(17(20)21)13(15-11)16-12(19)7-8-3-1-2-4-10(8)18/h1-6,18H,7H2,(H,15,16,19). The fourth-order valence-corrected chi connectivity index (χ4v) is 1.82. The number of phenols is 1. The summed E-state index contributed by atoms with van der Waals surface area (Å²) in [7, 11) is 0. The molecule has 1 aromatic carbocycles. The minimum atomic E-state index is -0.668. The van der Waals surface area contributed by atoms with E-state index < -0.39 is 10.8 Å². The van der Waals surface area contributed by atoms with E-state index in [1.807, 2.05) is 0 Å². The van der Waals surface area contributed by atoms with Gasteiger partial charge in [0.25, 0.3) is 0 Å². The van der Waals surface area contributed by atoms with Crippen molar-refractivity contribution in [3.8, 4) is 5.75 Å². The van der Waals surface area contributed by atoms with Crippen LogP contribution in [0.5, 0.6) is 5.75 Å². The van der Waals surface area contributed by atoms with E-state index in [2.05, 4.69) is 10.3 Å². The molecule has 1 amide bonds. The number of hydrogen-bond acceptors (Lipinski definition) is 5. The quantitative estimate of drug-likeness (QED) is 0.513. The highest BCUT2D eigenvalue weighted by Crippen LogP contribution is 2.24. The number of carbonyl (C=O) groups is 1. The Morgan fingerprint density at radius 1 is 1.33 bits per heavy atom. The highest BCUT2D eigenvalue weighted by Gasteiger charge is 2.18. The Bertz CT molecular complexity index is 706. The van der Waals surface area contributed by atoms with Crippen molar-refractivity contribution in [3.63, 3.8) is 0 Å². The fraction of sp³-hybridized carbons (Fsp3) is 0.0769. The zero-order valence-electron chi connectivity index (χ0n) is 10.6. The zero-order valence-corrected chi connectivity index (χ0v) is 11.4. The maximum atomic E-state index is 11.9. The first-order valence-corrected chi connectivity index (χ1v) is 6.23. The number of hydrogen-bond donors (Lipinski definition) is 2. The van der Waals surface area contributed by atoms with Crippen LogP contribution in [0.15, 0.2) is 36.4 Å². The molecule has 0 saturated heterocycles. The third-order valence-electron chi connectivity index (χ3n) is 2.64. The summed E-state index contributed by atoms with van der Waals surface area (Å²) < 4.78 is 0. The van der Waals surface area contributed by atoms with Gasteiger partial charge in [-0.1, -0.05) is 29.8 Å². The third-order valence-corrected chi connectivity index (χ3v) is 2.85. The predicted octanol–water partition coefficient (Wildman–Crippen LogP) is 2.53. The maximum Gasteiger partial charge on any atom is 0.311 e. The predicted molar refractivity (Wildman–Crippen MR) is 76.3 cm³/mol. The Kier molecular flexibility index (Phi) is 4.34. The lowest BCUT2D eigenvalue weighted by Gasteiger charge is -2.06. The second-order valence-corrected chi connectivity index (χ2v) is 4.50. The molecule has 0 saturated carbocycles. The average Bonchev–Trinajstić information content (AvgIpc) is 2.41. The highest BCUT2D eigenvalue weighted by molar-refractivity contribution is 6.29. The Morgan fingerprint density at radius 2 is 2.05 bits per heavy atom. The molecule has 0 unspecified atom stereocenters. The maximum absolute atomic E-state index is 11.9. The molecule has 2 rings (SSSR count). The van der Waals surface area contributed by atoms with Crippen molar-refractivity contribution in [1.29, 1.82) is 0 Å². The molecule has 2 aromatic rings. The van der Waals surface area contributed by atoms with Crippen LogP contribution in [0.1, 0.15) is 5.56 Å². The molecule has 0 spiro atoms. The van der Waals surface area contributed by atoms with Gasteiger partial charge in [-0.25, -0.2) is 4.98 Å². The largest absolute Gasteiger partial charge is 0.508 e. The van der Waals surface area contributed by atoms with E-state index in [0.717, 1.165) is 6.07 Å². The summed E-state index contributed by atoms with van der Waals surface area (Å²) >= 11 is 5.67. The van der Waals surface area contributed by atoms with E-state index in [4.69, 9.17) is 11.6 Å². The molecule has 0 fully saturated rings. The van der Waals surface area contributed by atoms with Crippen LogP contribution in [0.4, 0.5) is 11.5 Å². The lowest BCUT2D eigenvalue weighted by molar-refractivity contribution is -0.384. The number of anilines is 1. The van der Waals surface area contributed by atoms with Crippen molar-refractivity contribution >= 4 is 29.0 Å². The van der Waals surface area contributed by atoms with Crippen molar-refractivity contribution in [3.05, 3.63) is 57.2 Å². The Morgan fingerprint density at radius 3 is 2.71 bits per heavy atom. The minimum absolute atomic E-state index is 0.0264. The average molecular weight is 308 g/mol. The molecule has 1 heterocycles. The van der Waals surface area contributed by atoms with Gasteiger partial charge in [0, 0.05) is 11.6 Å². The molecule has 0 aliphatic carbocycles. The van der Waals surface area contributed by atoms with Gasteiger partial charge in [-0.15, -0.1) is 0 Å². The van der Waals surface area contributed by atoms with Crippen LogP contribution < -0.4 is 5.32 Å². The SMILES string of the molecule is O=C(Cc1ccccc1O)Nc1nc(Cl)ccc1[N+](=O)[O-]. The molecule has 2 N–H and O–H groups in total. The van der Waals surface area contributed by atoms with Crippen molar-refractivity contribution in [2.24, 2.45) is 0 Å². The van der Waals surface area contributed by atoms with Gasteiger partial charge in [0.15, 0.2) is 0 Å². The first-order valence-electron chi connectivity index (χ1n) is 5.85. The van der Waals surface area contributed by atoms with Gasteiger partial charge in [0.2, 0.25) is 11.7 Å². The van der Waals surface area contributed by atoms with Crippen molar-refractivity contribution in [2.75, 3.05) is 5.32 Å². The Labute approximate surface area is 124 Å². The number of nitro groups is 1. The van der Waals surface area contributed by atoms with E-state index in [1.54, 1.807) is 18.2 Å². The van der Waals surface area contributed by atoms with E-state index in [1.165, 1.54) is 12.1 Å². The third kappa shape index (κ3) is 3.67. The summed E-state index contributed by atoms with van der Waals surface area (Å²) in [6.45, 7) is 0. The molecule has 0 radical (unpaired) electrons. The minimum Gasteiger partial charge on any atom is -0.508 e. The number of benzene rings is 1. The topological polar surface area (TPSA) is 105 Å². The van der Waals surface area contributed by atoms with Crippen molar-refractivity contribution in [2.45, 2.75) is 6.42 Å². The van der Waals surface area contributed by atoms with Gasteiger partial charge in [0.05, 0.1) is 11.3 Å². The molecule has 1 aromatic heterocycles. The number of amides is 1.